The number of hydrogen-bond acceptors (Lipinski definition) is 3. The van der Waals surface area contributed by atoms with Gasteiger partial charge in [0.1, 0.15) is 11.4 Å². The third kappa shape index (κ3) is 7.43. The number of hydrogen-bond donors (Lipinski definition) is 0. The topological polar surface area (TPSA) is 48.5 Å². The van der Waals surface area contributed by atoms with Gasteiger partial charge in [0, 0.05) is 13.1 Å². The van der Waals surface area contributed by atoms with E-state index in [2.05, 4.69) is 89.7 Å². The van der Waals surface area contributed by atoms with E-state index in [1.807, 2.05) is 0 Å². The minimum atomic E-state index is 0. The number of rotatable bonds is 12. The van der Waals surface area contributed by atoms with Crippen LogP contribution in [0.4, 0.5) is 0 Å². The summed E-state index contributed by atoms with van der Waals surface area (Å²) in [6.07, 6.45) is 9.77. The maximum atomic E-state index is 5.15. The molecule has 39 heavy (non-hydrogen) atoms. The van der Waals surface area contributed by atoms with Crippen molar-refractivity contribution in [2.75, 3.05) is 0 Å². The van der Waals surface area contributed by atoms with Crippen molar-refractivity contribution >= 4 is 22.1 Å². The van der Waals surface area contributed by atoms with Crippen molar-refractivity contribution in [3.63, 3.8) is 0 Å². The van der Waals surface area contributed by atoms with Gasteiger partial charge < -0.3 is 33.9 Å². The number of imidazole rings is 2. The molecule has 0 aliphatic heterocycles. The van der Waals surface area contributed by atoms with Crippen LogP contribution in [0.25, 0.3) is 45.1 Å². The minimum Gasteiger partial charge on any atom is -1.00 e. The van der Waals surface area contributed by atoms with Gasteiger partial charge in [0.2, 0.25) is 0 Å². The first-order valence-electron chi connectivity index (χ1n) is 13.7. The Morgan fingerprint density at radius 2 is 0.949 bits per heavy atom. The summed E-state index contributed by atoms with van der Waals surface area (Å²) in [6, 6.07) is 23.1. The fourth-order valence-electron chi connectivity index (χ4n) is 5.07. The van der Waals surface area contributed by atoms with Crippen LogP contribution < -0.4 is 24.8 Å². The summed E-state index contributed by atoms with van der Waals surface area (Å²) in [5.74, 6) is 1.89. The van der Waals surface area contributed by atoms with E-state index >= 15 is 0 Å². The summed E-state index contributed by atoms with van der Waals surface area (Å²) in [5.41, 5.74) is 6.23. The van der Waals surface area contributed by atoms with Crippen LogP contribution in [0.5, 0.6) is 0 Å². The first-order valence-corrected chi connectivity index (χ1v) is 13.7. The van der Waals surface area contributed by atoms with Gasteiger partial charge in [-0.1, -0.05) is 82.7 Å². The standard InChI is InChI=1S/C31H37N5.2ClH.Co/c1-3-5-7-13-22-35-28-20-11-9-16-24(28)33-30(35)26-18-15-19-27(32-26)31-34-25-17-10-12-21-29(25)36(31)23-14-8-6-4-2;;;/h9-12,15-21H,3-8,13-14,22-23H2,1-2H3;2*1H;/q;;;+2/p-2. The molecule has 0 spiro atoms. The summed E-state index contributed by atoms with van der Waals surface area (Å²) < 4.78 is 4.70. The molecule has 3 heterocycles. The number of aryl methyl sites for hydroxylation is 2. The summed E-state index contributed by atoms with van der Waals surface area (Å²) in [4.78, 5) is 15.2. The molecule has 0 saturated carbocycles. The number of halogens is 2. The van der Waals surface area contributed by atoms with Crippen molar-refractivity contribution in [3.05, 3.63) is 66.7 Å². The van der Waals surface area contributed by atoms with E-state index in [9.17, 15) is 0 Å². The average Bonchev–Trinajstić information content (AvgIpc) is 3.48. The molecular formula is C31H37Cl2CoN5. The predicted octanol–water partition coefficient (Wildman–Crippen LogP) is 2.28. The molecule has 0 atom stereocenters. The Morgan fingerprint density at radius 1 is 0.513 bits per heavy atom. The fraction of sp³-hybridized carbons (Fsp3) is 0.387. The molecule has 5 rings (SSSR count). The molecule has 0 bridgehead atoms. The molecule has 2 aromatic carbocycles. The third-order valence-corrected chi connectivity index (χ3v) is 6.99. The van der Waals surface area contributed by atoms with Crippen LogP contribution in [0.3, 0.4) is 0 Å². The SMILES string of the molecule is CCCCCCn1c(-c2cccc(-c3nc4ccccc4n3CCCCCC)n2)nc2ccccc21.[Cl-].[Cl-].[Co+2]. The largest absolute Gasteiger partial charge is 2.00 e. The van der Waals surface area contributed by atoms with Gasteiger partial charge in [-0.15, -0.1) is 0 Å². The average molecular weight is 610 g/mol. The number of pyridine rings is 1. The second-order valence-corrected chi connectivity index (χ2v) is 9.68. The zero-order valence-electron chi connectivity index (χ0n) is 22.7. The van der Waals surface area contributed by atoms with Crippen molar-refractivity contribution in [1.29, 1.82) is 0 Å². The molecule has 1 radical (unpaired) electrons. The van der Waals surface area contributed by atoms with Crippen LogP contribution in [0, 0.1) is 0 Å². The van der Waals surface area contributed by atoms with E-state index in [-0.39, 0.29) is 41.6 Å². The Kier molecular flexibility index (Phi) is 13.5. The molecule has 5 nitrogen and oxygen atoms in total. The van der Waals surface area contributed by atoms with Crippen LogP contribution in [-0.4, -0.2) is 24.1 Å². The summed E-state index contributed by atoms with van der Waals surface area (Å²) in [7, 11) is 0. The smallest absolute Gasteiger partial charge is 1.00 e. The van der Waals surface area contributed by atoms with Crippen molar-refractivity contribution in [2.45, 2.75) is 78.3 Å². The fourth-order valence-corrected chi connectivity index (χ4v) is 5.07. The molecule has 209 valence electrons. The zero-order chi connectivity index (χ0) is 24.7. The molecule has 0 aliphatic rings. The molecule has 0 unspecified atom stereocenters. The van der Waals surface area contributed by atoms with Crippen LogP contribution in [0.15, 0.2) is 66.7 Å². The summed E-state index contributed by atoms with van der Waals surface area (Å²) >= 11 is 0. The van der Waals surface area contributed by atoms with Gasteiger partial charge in [0.15, 0.2) is 11.6 Å². The van der Waals surface area contributed by atoms with Crippen LogP contribution in [-0.2, 0) is 29.9 Å². The Bertz CT molecular complexity index is 1340. The predicted molar refractivity (Wildman–Crippen MR) is 150 cm³/mol. The molecule has 0 saturated heterocycles. The molecule has 0 N–H and O–H groups in total. The van der Waals surface area contributed by atoms with Crippen molar-refractivity contribution < 1.29 is 41.6 Å². The van der Waals surface area contributed by atoms with E-state index in [0.717, 1.165) is 60.0 Å². The van der Waals surface area contributed by atoms with E-state index < -0.39 is 0 Å². The van der Waals surface area contributed by atoms with E-state index in [0.29, 0.717) is 0 Å². The molecule has 8 heteroatoms. The number of para-hydroxylation sites is 4. The quantitative estimate of drug-likeness (QED) is 0.204. The van der Waals surface area contributed by atoms with Gasteiger partial charge in [0.05, 0.1) is 22.1 Å². The van der Waals surface area contributed by atoms with E-state index in [1.165, 1.54) is 49.6 Å². The van der Waals surface area contributed by atoms with Gasteiger partial charge in [-0.2, -0.15) is 0 Å². The summed E-state index contributed by atoms with van der Waals surface area (Å²) in [5, 5.41) is 0. The third-order valence-electron chi connectivity index (χ3n) is 6.99. The number of aromatic nitrogens is 5. The first-order chi connectivity index (χ1) is 17.8. The normalized spacial score (nSPS) is 10.7. The van der Waals surface area contributed by atoms with Crippen LogP contribution in [0.1, 0.15) is 65.2 Å². The molecular weight excluding hydrogens is 572 g/mol. The van der Waals surface area contributed by atoms with Gasteiger partial charge in [-0.25, -0.2) is 15.0 Å². The monoisotopic (exact) mass is 608 g/mol. The van der Waals surface area contributed by atoms with Gasteiger partial charge in [-0.3, -0.25) is 0 Å². The van der Waals surface area contributed by atoms with Crippen LogP contribution in [0.2, 0.25) is 0 Å². The Balaban J connectivity index is 0.00000178. The molecule has 5 aromatic rings. The zero-order valence-corrected chi connectivity index (χ0v) is 25.3. The van der Waals surface area contributed by atoms with Gasteiger partial charge >= 0.3 is 16.8 Å². The van der Waals surface area contributed by atoms with Gasteiger partial charge in [0.25, 0.3) is 0 Å². The van der Waals surface area contributed by atoms with Crippen molar-refractivity contribution in [1.82, 2.24) is 24.1 Å². The second-order valence-electron chi connectivity index (χ2n) is 9.68. The maximum Gasteiger partial charge on any atom is 2.00 e. The van der Waals surface area contributed by atoms with Crippen molar-refractivity contribution in [2.24, 2.45) is 0 Å². The minimum absolute atomic E-state index is 0. The van der Waals surface area contributed by atoms with Crippen molar-refractivity contribution in [3.8, 4) is 23.0 Å². The Morgan fingerprint density at radius 3 is 1.38 bits per heavy atom. The van der Waals surface area contributed by atoms with E-state index in [1.54, 1.807) is 0 Å². The summed E-state index contributed by atoms with van der Waals surface area (Å²) in [6.45, 7) is 6.42. The molecule has 0 fully saturated rings. The first kappa shape index (κ1) is 32.8. The number of nitrogens with zero attached hydrogens (tertiary/aromatic N) is 5. The second kappa shape index (κ2) is 16.0. The Labute approximate surface area is 254 Å². The number of unbranched alkanes of at least 4 members (excludes halogenated alkanes) is 6. The van der Waals surface area contributed by atoms with E-state index in [4.69, 9.17) is 15.0 Å². The molecule has 0 amide bonds. The van der Waals surface area contributed by atoms with Crippen LogP contribution >= 0.6 is 0 Å². The number of fused-ring (bicyclic) bond motifs is 2. The number of benzene rings is 2. The Hall–Kier alpha value is -2.38. The molecule has 0 aliphatic carbocycles. The maximum absolute atomic E-state index is 5.15. The molecule has 3 aromatic heterocycles. The van der Waals surface area contributed by atoms with Gasteiger partial charge in [-0.05, 0) is 49.2 Å².